The van der Waals surface area contributed by atoms with Crippen LogP contribution in [0.5, 0.6) is 0 Å². The number of nitrogens with one attached hydrogen (secondary N) is 1. The van der Waals surface area contributed by atoms with Crippen LogP contribution in [0.15, 0.2) is 51.8 Å². The molecule has 0 bridgehead atoms. The van der Waals surface area contributed by atoms with Crippen LogP contribution in [0, 0.1) is 0 Å². The second-order valence-corrected chi connectivity index (χ2v) is 6.76. The monoisotopic (exact) mass is 342 g/mol. The lowest BCUT2D eigenvalue weighted by Crippen LogP contribution is -1.98. The molecule has 0 aliphatic carbocycles. The summed E-state index contributed by atoms with van der Waals surface area (Å²) in [5, 5.41) is 28.6. The quantitative estimate of drug-likeness (QED) is 0.589. The van der Waals surface area contributed by atoms with Crippen molar-refractivity contribution in [1.82, 2.24) is 35.5 Å². The molecule has 1 aromatic carbocycles. The SMILES string of the molecule is c1ccc(CNc2nnc(Sc3ccc4nnnn4n3)s2)cc1. The van der Waals surface area contributed by atoms with Gasteiger partial charge in [-0.05, 0) is 39.9 Å². The van der Waals surface area contributed by atoms with Gasteiger partial charge in [0.15, 0.2) is 9.99 Å². The van der Waals surface area contributed by atoms with E-state index >= 15 is 0 Å². The second-order valence-electron chi connectivity index (χ2n) is 4.51. The number of fused-ring (bicyclic) bond motifs is 1. The highest BCUT2D eigenvalue weighted by molar-refractivity contribution is 8.01. The fourth-order valence-electron chi connectivity index (χ4n) is 1.87. The Bertz CT molecular complexity index is 920. The van der Waals surface area contributed by atoms with Gasteiger partial charge in [0.05, 0.1) is 0 Å². The van der Waals surface area contributed by atoms with Crippen molar-refractivity contribution in [2.24, 2.45) is 0 Å². The third kappa shape index (κ3) is 3.27. The average Bonchev–Trinajstić information content (AvgIpc) is 3.23. The first-order chi connectivity index (χ1) is 11.4. The highest BCUT2D eigenvalue weighted by atomic mass is 32.2. The molecule has 0 aliphatic heterocycles. The van der Waals surface area contributed by atoms with E-state index in [9.17, 15) is 0 Å². The summed E-state index contributed by atoms with van der Waals surface area (Å²) in [6.45, 7) is 0.717. The Kier molecular flexibility index (Phi) is 3.82. The summed E-state index contributed by atoms with van der Waals surface area (Å²) in [5.74, 6) is 0. The molecule has 10 heteroatoms. The molecule has 23 heavy (non-hydrogen) atoms. The molecule has 0 aliphatic rings. The van der Waals surface area contributed by atoms with E-state index < -0.39 is 0 Å². The van der Waals surface area contributed by atoms with Gasteiger partial charge in [0, 0.05) is 6.54 Å². The van der Waals surface area contributed by atoms with E-state index in [1.54, 1.807) is 0 Å². The van der Waals surface area contributed by atoms with Gasteiger partial charge >= 0.3 is 0 Å². The number of aromatic nitrogens is 7. The van der Waals surface area contributed by atoms with E-state index in [1.165, 1.54) is 33.3 Å². The van der Waals surface area contributed by atoms with Gasteiger partial charge in [-0.3, -0.25) is 0 Å². The van der Waals surface area contributed by atoms with E-state index in [0.717, 1.165) is 21.0 Å². The van der Waals surface area contributed by atoms with Gasteiger partial charge in [-0.25, -0.2) is 0 Å². The van der Waals surface area contributed by atoms with Gasteiger partial charge in [0.2, 0.25) is 5.13 Å². The third-order valence-corrected chi connectivity index (χ3v) is 4.79. The first kappa shape index (κ1) is 14.0. The van der Waals surface area contributed by atoms with Gasteiger partial charge in [0.25, 0.3) is 0 Å². The lowest BCUT2D eigenvalue weighted by molar-refractivity contribution is 0.702. The van der Waals surface area contributed by atoms with Crippen molar-refractivity contribution in [3.63, 3.8) is 0 Å². The summed E-state index contributed by atoms with van der Waals surface area (Å²) in [6.07, 6.45) is 0. The molecule has 0 amide bonds. The first-order valence-electron chi connectivity index (χ1n) is 6.71. The largest absolute Gasteiger partial charge is 0.356 e. The number of tetrazole rings is 1. The lowest BCUT2D eigenvalue weighted by atomic mass is 10.2. The van der Waals surface area contributed by atoms with Crippen LogP contribution in [0.4, 0.5) is 5.13 Å². The van der Waals surface area contributed by atoms with Crippen molar-refractivity contribution in [3.8, 4) is 0 Å². The van der Waals surface area contributed by atoms with Crippen molar-refractivity contribution in [2.75, 3.05) is 5.32 Å². The van der Waals surface area contributed by atoms with E-state index in [2.05, 4.69) is 48.3 Å². The van der Waals surface area contributed by atoms with Crippen molar-refractivity contribution >= 4 is 33.9 Å². The van der Waals surface area contributed by atoms with Crippen LogP contribution in [0.25, 0.3) is 5.65 Å². The Balaban J connectivity index is 1.43. The molecule has 3 aromatic heterocycles. The second kappa shape index (κ2) is 6.26. The molecular weight excluding hydrogens is 332 g/mol. The van der Waals surface area contributed by atoms with Gasteiger partial charge in [-0.15, -0.1) is 25.0 Å². The van der Waals surface area contributed by atoms with Gasteiger partial charge < -0.3 is 5.32 Å². The number of nitrogens with zero attached hydrogens (tertiary/aromatic N) is 7. The normalized spacial score (nSPS) is 11.0. The minimum absolute atomic E-state index is 0.608. The molecule has 0 saturated heterocycles. The Morgan fingerprint density at radius 1 is 1.04 bits per heavy atom. The zero-order valence-corrected chi connectivity index (χ0v) is 13.3. The van der Waals surface area contributed by atoms with Crippen LogP contribution >= 0.6 is 23.1 Å². The predicted molar refractivity (Wildman–Crippen MR) is 86.4 cm³/mol. The number of hydrogen-bond donors (Lipinski definition) is 1. The number of rotatable bonds is 5. The number of anilines is 1. The molecule has 0 unspecified atom stereocenters. The molecule has 0 fully saturated rings. The van der Waals surface area contributed by atoms with Crippen molar-refractivity contribution in [3.05, 3.63) is 48.0 Å². The van der Waals surface area contributed by atoms with E-state index in [4.69, 9.17) is 0 Å². The van der Waals surface area contributed by atoms with E-state index in [0.29, 0.717) is 5.65 Å². The fraction of sp³-hybridized carbons (Fsp3) is 0.0769. The fourth-order valence-corrected chi connectivity index (χ4v) is 3.52. The van der Waals surface area contributed by atoms with Crippen LogP contribution in [0.1, 0.15) is 5.56 Å². The van der Waals surface area contributed by atoms with Gasteiger partial charge in [0.1, 0.15) is 5.03 Å². The first-order valence-corrected chi connectivity index (χ1v) is 8.35. The van der Waals surface area contributed by atoms with E-state index in [-0.39, 0.29) is 0 Å². The lowest BCUT2D eigenvalue weighted by Gasteiger charge is -2.00. The third-order valence-electron chi connectivity index (χ3n) is 2.93. The standard InChI is InChI=1S/C13H10N8S2/c1-2-4-9(5-3-1)8-14-12-16-17-13(23-12)22-11-7-6-10-15-19-20-21(10)18-11/h1-7H,8H2,(H,14,16). The Morgan fingerprint density at radius 2 is 1.96 bits per heavy atom. The number of hydrogen-bond acceptors (Lipinski definition) is 9. The predicted octanol–water partition coefficient (Wildman–Crippen LogP) is 2.13. The Labute approximate surface area is 139 Å². The molecule has 0 radical (unpaired) electrons. The molecular formula is C13H10N8S2. The van der Waals surface area contributed by atoms with Crippen molar-refractivity contribution < 1.29 is 0 Å². The molecule has 0 saturated carbocycles. The van der Waals surface area contributed by atoms with Crippen LogP contribution in [0.2, 0.25) is 0 Å². The van der Waals surface area contributed by atoms with Crippen LogP contribution in [-0.2, 0) is 6.54 Å². The molecule has 4 rings (SSSR count). The Morgan fingerprint density at radius 3 is 2.87 bits per heavy atom. The average molecular weight is 342 g/mol. The maximum atomic E-state index is 4.30. The van der Waals surface area contributed by atoms with Crippen molar-refractivity contribution in [1.29, 1.82) is 0 Å². The zero-order chi connectivity index (χ0) is 15.5. The summed E-state index contributed by atoms with van der Waals surface area (Å²) in [6, 6.07) is 13.8. The topological polar surface area (TPSA) is 93.8 Å². The maximum absolute atomic E-state index is 4.30. The molecule has 0 spiro atoms. The molecule has 3 heterocycles. The Hall–Kier alpha value is -2.59. The van der Waals surface area contributed by atoms with Crippen LogP contribution in [0.3, 0.4) is 0 Å². The van der Waals surface area contributed by atoms with Gasteiger partial charge in [-0.2, -0.15) is 0 Å². The summed E-state index contributed by atoms with van der Waals surface area (Å²) in [5.41, 5.74) is 1.81. The summed E-state index contributed by atoms with van der Waals surface area (Å²) < 4.78 is 2.19. The van der Waals surface area contributed by atoms with Crippen molar-refractivity contribution in [2.45, 2.75) is 15.9 Å². The van der Waals surface area contributed by atoms with Crippen LogP contribution in [-0.4, -0.2) is 35.5 Å². The molecule has 4 aromatic rings. The highest BCUT2D eigenvalue weighted by Crippen LogP contribution is 2.30. The summed E-state index contributed by atoms with van der Waals surface area (Å²) in [4.78, 5) is 0. The maximum Gasteiger partial charge on any atom is 0.206 e. The minimum atomic E-state index is 0.608. The zero-order valence-electron chi connectivity index (χ0n) is 11.7. The van der Waals surface area contributed by atoms with Gasteiger partial charge in [-0.1, -0.05) is 41.7 Å². The molecule has 8 nitrogen and oxygen atoms in total. The molecule has 114 valence electrons. The van der Waals surface area contributed by atoms with Crippen LogP contribution < -0.4 is 5.32 Å². The molecule has 0 atom stereocenters. The summed E-state index contributed by atoms with van der Waals surface area (Å²) >= 11 is 2.91. The number of benzene rings is 1. The molecule has 1 N–H and O–H groups in total. The minimum Gasteiger partial charge on any atom is -0.356 e. The van der Waals surface area contributed by atoms with E-state index in [1.807, 2.05) is 30.3 Å². The smallest absolute Gasteiger partial charge is 0.206 e. The highest BCUT2D eigenvalue weighted by Gasteiger charge is 2.08. The summed E-state index contributed by atoms with van der Waals surface area (Å²) in [7, 11) is 0.